The third-order valence-electron chi connectivity index (χ3n) is 4.44. The van der Waals surface area contributed by atoms with Gasteiger partial charge in [-0.15, -0.1) is 13.2 Å². The van der Waals surface area contributed by atoms with Gasteiger partial charge < -0.3 is 9.64 Å². The second-order valence-electron chi connectivity index (χ2n) is 6.74. The molecule has 3 rings (SSSR count). The number of piperidine rings is 1. The second kappa shape index (κ2) is 8.15. The van der Waals surface area contributed by atoms with Crippen molar-refractivity contribution in [3.8, 4) is 17.0 Å². The molecule has 1 saturated heterocycles. The van der Waals surface area contributed by atoms with Crippen LogP contribution in [-0.4, -0.2) is 45.2 Å². The smallest absolute Gasteiger partial charge is 0.403 e. The van der Waals surface area contributed by atoms with Crippen LogP contribution in [0.5, 0.6) is 5.75 Å². The number of ether oxygens (including phenoxy) is 1. The summed E-state index contributed by atoms with van der Waals surface area (Å²) in [6.07, 6.45) is -1.06. The predicted octanol–water partition coefficient (Wildman–Crippen LogP) is 3.30. The molecule has 1 N–H and O–H groups in total. The highest BCUT2D eigenvalue weighted by Gasteiger charge is 2.32. The van der Waals surface area contributed by atoms with Crippen molar-refractivity contribution in [2.24, 2.45) is 0 Å². The first kappa shape index (κ1) is 21.3. The van der Waals surface area contributed by atoms with Crippen LogP contribution in [0.25, 0.3) is 11.3 Å². The maximum atomic E-state index is 14.0. The molecule has 1 aliphatic heterocycles. The number of nitrogens with one attached hydrogen (secondary N) is 1. The first-order chi connectivity index (χ1) is 13.5. The summed E-state index contributed by atoms with van der Waals surface area (Å²) in [6, 6.07) is 6.51. The summed E-state index contributed by atoms with van der Waals surface area (Å²) in [5.74, 6) is -2.04. The van der Waals surface area contributed by atoms with Crippen molar-refractivity contribution >= 4 is 15.7 Å². The third-order valence-corrected chi connectivity index (χ3v) is 5.20. The van der Waals surface area contributed by atoms with E-state index < -0.39 is 28.0 Å². The van der Waals surface area contributed by atoms with E-state index in [2.05, 4.69) is 14.4 Å². The monoisotopic (exact) mass is 433 g/mol. The minimum absolute atomic E-state index is 0.127. The number of hydrogen-bond donors (Lipinski definition) is 1. The molecule has 158 valence electrons. The number of halogens is 4. The summed E-state index contributed by atoms with van der Waals surface area (Å²) >= 11 is 0. The molecule has 0 saturated carbocycles. The van der Waals surface area contributed by atoms with Gasteiger partial charge in [-0.05, 0) is 43.2 Å². The van der Waals surface area contributed by atoms with E-state index in [0.717, 1.165) is 24.1 Å². The van der Waals surface area contributed by atoms with E-state index in [0.29, 0.717) is 37.2 Å². The van der Waals surface area contributed by atoms with Crippen LogP contribution in [0.2, 0.25) is 0 Å². The van der Waals surface area contributed by atoms with E-state index in [1.54, 1.807) is 12.1 Å². The molecule has 1 aliphatic rings. The molecule has 0 unspecified atom stereocenters. The minimum Gasteiger partial charge on any atom is -0.403 e. The average molecular weight is 433 g/mol. The van der Waals surface area contributed by atoms with Crippen LogP contribution in [0.4, 0.5) is 23.2 Å². The van der Waals surface area contributed by atoms with E-state index in [4.69, 9.17) is 0 Å². The lowest BCUT2D eigenvalue weighted by atomic mass is 10.0. The van der Waals surface area contributed by atoms with Crippen molar-refractivity contribution in [2.75, 3.05) is 24.2 Å². The zero-order valence-corrected chi connectivity index (χ0v) is 16.2. The minimum atomic E-state index is -4.97. The largest absolute Gasteiger partial charge is 0.573 e. The predicted molar refractivity (Wildman–Crippen MR) is 99.5 cm³/mol. The summed E-state index contributed by atoms with van der Waals surface area (Å²) in [5.41, 5.74) is 1.52. The molecule has 1 aromatic carbocycles. The normalized spacial score (nSPS) is 16.1. The molecule has 0 radical (unpaired) electrons. The summed E-state index contributed by atoms with van der Waals surface area (Å²) in [7, 11) is -3.26. The molecule has 2 aromatic rings. The van der Waals surface area contributed by atoms with Gasteiger partial charge in [0, 0.05) is 36.6 Å². The maximum Gasteiger partial charge on any atom is 0.573 e. The Morgan fingerprint density at radius 3 is 2.45 bits per heavy atom. The Morgan fingerprint density at radius 2 is 1.86 bits per heavy atom. The van der Waals surface area contributed by atoms with Gasteiger partial charge in [-0.3, -0.25) is 4.98 Å². The fraction of sp³-hybridized carbons (Fsp3) is 0.389. The molecule has 6 nitrogen and oxygen atoms in total. The summed E-state index contributed by atoms with van der Waals surface area (Å²) in [5, 5.41) is 0. The highest BCUT2D eigenvalue weighted by molar-refractivity contribution is 7.88. The number of nitrogens with zero attached hydrogens (tertiary/aromatic N) is 2. The molecular formula is C18H19F4N3O3S. The van der Waals surface area contributed by atoms with Crippen LogP contribution in [0, 0.1) is 5.82 Å². The van der Waals surface area contributed by atoms with Gasteiger partial charge in [0.15, 0.2) is 11.6 Å². The Balaban J connectivity index is 1.73. The molecule has 0 atom stereocenters. The summed E-state index contributed by atoms with van der Waals surface area (Å²) in [6.45, 7) is 1.23. The van der Waals surface area contributed by atoms with Crippen molar-refractivity contribution in [3.05, 3.63) is 42.3 Å². The zero-order chi connectivity index (χ0) is 21.2. The topological polar surface area (TPSA) is 71.5 Å². The molecule has 11 heteroatoms. The van der Waals surface area contributed by atoms with Crippen LogP contribution in [0.15, 0.2) is 36.5 Å². The van der Waals surface area contributed by atoms with Crippen LogP contribution < -0.4 is 14.4 Å². The highest BCUT2D eigenvalue weighted by atomic mass is 32.2. The fourth-order valence-electron chi connectivity index (χ4n) is 3.20. The van der Waals surface area contributed by atoms with Gasteiger partial charge >= 0.3 is 6.36 Å². The fourth-order valence-corrected chi connectivity index (χ4v) is 4.04. The Bertz CT molecular complexity index is 975. The van der Waals surface area contributed by atoms with Crippen LogP contribution in [0.3, 0.4) is 0 Å². The zero-order valence-electron chi connectivity index (χ0n) is 15.4. The van der Waals surface area contributed by atoms with Gasteiger partial charge in [0.05, 0.1) is 11.9 Å². The number of alkyl halides is 3. The maximum absolute atomic E-state index is 14.0. The first-order valence-corrected chi connectivity index (χ1v) is 10.6. The van der Waals surface area contributed by atoms with E-state index in [1.165, 1.54) is 12.3 Å². The van der Waals surface area contributed by atoms with Gasteiger partial charge in [0.1, 0.15) is 0 Å². The quantitative estimate of drug-likeness (QED) is 0.733. The third kappa shape index (κ3) is 6.04. The van der Waals surface area contributed by atoms with Crippen LogP contribution in [-0.2, 0) is 10.0 Å². The van der Waals surface area contributed by atoms with E-state index in [9.17, 15) is 26.0 Å². The molecule has 0 aliphatic carbocycles. The van der Waals surface area contributed by atoms with E-state index in [1.807, 2.05) is 4.90 Å². The lowest BCUT2D eigenvalue weighted by molar-refractivity contribution is -0.275. The molecule has 29 heavy (non-hydrogen) atoms. The van der Waals surface area contributed by atoms with Gasteiger partial charge in [-0.25, -0.2) is 17.5 Å². The number of aromatic nitrogens is 1. The van der Waals surface area contributed by atoms with E-state index in [-0.39, 0.29) is 6.04 Å². The number of anilines is 1. The molecule has 0 amide bonds. The van der Waals surface area contributed by atoms with Crippen LogP contribution >= 0.6 is 0 Å². The average Bonchev–Trinajstić information content (AvgIpc) is 2.62. The van der Waals surface area contributed by atoms with Crippen molar-refractivity contribution < 1.29 is 30.7 Å². The first-order valence-electron chi connectivity index (χ1n) is 8.74. The Labute approximate surface area is 165 Å². The lowest BCUT2D eigenvalue weighted by Crippen LogP contribution is -2.44. The van der Waals surface area contributed by atoms with E-state index >= 15 is 0 Å². The van der Waals surface area contributed by atoms with Crippen molar-refractivity contribution in [2.45, 2.75) is 25.2 Å². The second-order valence-corrected chi connectivity index (χ2v) is 8.52. The molecule has 2 heterocycles. The number of hydrogen-bond acceptors (Lipinski definition) is 5. The summed E-state index contributed by atoms with van der Waals surface area (Å²) in [4.78, 5) is 6.21. The van der Waals surface area contributed by atoms with Gasteiger partial charge in [-0.1, -0.05) is 0 Å². The summed E-state index contributed by atoms with van der Waals surface area (Å²) < 4.78 is 79.7. The van der Waals surface area contributed by atoms with Crippen LogP contribution in [0.1, 0.15) is 12.8 Å². The van der Waals surface area contributed by atoms with Gasteiger partial charge in [0.2, 0.25) is 10.0 Å². The van der Waals surface area contributed by atoms with Crippen molar-refractivity contribution in [1.29, 1.82) is 0 Å². The Hall–Kier alpha value is -2.40. The van der Waals surface area contributed by atoms with Crippen molar-refractivity contribution in [3.63, 3.8) is 0 Å². The molecule has 1 aromatic heterocycles. The molecular weight excluding hydrogens is 414 g/mol. The number of pyridine rings is 1. The number of rotatable bonds is 5. The Kier molecular flexibility index (Phi) is 5.99. The lowest BCUT2D eigenvalue weighted by Gasteiger charge is -2.33. The van der Waals surface area contributed by atoms with Gasteiger partial charge in [0.25, 0.3) is 0 Å². The highest BCUT2D eigenvalue weighted by Crippen LogP contribution is 2.30. The van der Waals surface area contributed by atoms with Crippen molar-refractivity contribution in [1.82, 2.24) is 9.71 Å². The van der Waals surface area contributed by atoms with Gasteiger partial charge in [-0.2, -0.15) is 0 Å². The SMILES string of the molecule is CS(=O)(=O)NC1CCN(c2ccnc(-c3ccc(OC(F)(F)F)c(F)c3)c2)CC1. The molecule has 1 fully saturated rings. The Morgan fingerprint density at radius 1 is 1.17 bits per heavy atom. The molecule has 0 spiro atoms. The molecule has 0 bridgehead atoms. The number of sulfonamides is 1. The standard InChI is InChI=1S/C18H19F4N3O3S/c1-29(26,27)24-13-5-8-25(9-6-13)14-4-7-23-16(11-14)12-2-3-17(15(19)10-12)28-18(20,21)22/h2-4,7,10-11,13,24H,5-6,8-9H2,1H3. The number of benzene rings is 1.